The quantitative estimate of drug-likeness (QED) is 0.544. The van der Waals surface area contributed by atoms with Crippen molar-refractivity contribution in [3.8, 4) is 0 Å². The third kappa shape index (κ3) is 7.33. The Bertz CT molecular complexity index is 180. The van der Waals surface area contributed by atoms with Crippen molar-refractivity contribution in [2.75, 3.05) is 13.6 Å². The molecule has 4 nitrogen and oxygen atoms in total. The molecule has 0 fully saturated rings. The number of hydrogen-bond donors (Lipinski definition) is 3. The molecule has 1 unspecified atom stereocenters. The first-order valence-corrected chi connectivity index (χ1v) is 4.43. The third-order valence-corrected chi connectivity index (χ3v) is 1.81. The second-order valence-corrected chi connectivity index (χ2v) is 3.16. The molecule has 0 saturated heterocycles. The van der Waals surface area contributed by atoms with Crippen molar-refractivity contribution in [2.24, 2.45) is 5.73 Å². The second kappa shape index (κ2) is 6.48. The topological polar surface area (TPSA) is 67.1 Å². The molecule has 0 saturated carbocycles. The molecule has 0 aromatic rings. The lowest BCUT2D eigenvalue weighted by atomic mass is 10.2. The fraction of sp³-hybridized carbons (Fsp3) is 0.667. The lowest BCUT2D eigenvalue weighted by molar-refractivity contribution is -0.121. The summed E-state index contributed by atoms with van der Waals surface area (Å²) in [5.74, 6) is 0.0219. The minimum atomic E-state index is 0.0219. The van der Waals surface area contributed by atoms with Crippen LogP contribution in [0.25, 0.3) is 0 Å². The Morgan fingerprint density at radius 1 is 1.62 bits per heavy atom. The molecule has 0 aliphatic carbocycles. The van der Waals surface area contributed by atoms with Crippen LogP contribution in [0.1, 0.15) is 19.8 Å². The van der Waals surface area contributed by atoms with E-state index in [1.165, 1.54) is 0 Å². The molecule has 13 heavy (non-hydrogen) atoms. The maximum Gasteiger partial charge on any atom is 0.220 e. The monoisotopic (exact) mass is 185 g/mol. The normalized spacial score (nSPS) is 12.2. The van der Waals surface area contributed by atoms with Crippen molar-refractivity contribution >= 4 is 5.91 Å². The zero-order chi connectivity index (χ0) is 10.3. The standard InChI is InChI=1S/C9H19N3O/c1-7(10)6-12-9(13)5-4-8(2)11-3/h8,11H,1,4-6,10H2,2-3H3,(H,12,13). The molecule has 4 N–H and O–H groups in total. The molecule has 0 bridgehead atoms. The van der Waals surface area contributed by atoms with Gasteiger partial charge in [-0.05, 0) is 20.4 Å². The number of nitrogens with two attached hydrogens (primary N) is 1. The van der Waals surface area contributed by atoms with Gasteiger partial charge in [0.2, 0.25) is 5.91 Å². The van der Waals surface area contributed by atoms with E-state index in [0.29, 0.717) is 24.7 Å². The van der Waals surface area contributed by atoms with E-state index in [-0.39, 0.29) is 5.91 Å². The van der Waals surface area contributed by atoms with Crippen molar-refractivity contribution in [3.63, 3.8) is 0 Å². The van der Waals surface area contributed by atoms with Gasteiger partial charge >= 0.3 is 0 Å². The van der Waals surface area contributed by atoms with Crippen molar-refractivity contribution in [1.29, 1.82) is 0 Å². The highest BCUT2D eigenvalue weighted by molar-refractivity contribution is 5.76. The van der Waals surface area contributed by atoms with E-state index in [2.05, 4.69) is 17.2 Å². The largest absolute Gasteiger partial charge is 0.401 e. The van der Waals surface area contributed by atoms with Crippen LogP contribution in [0.4, 0.5) is 0 Å². The van der Waals surface area contributed by atoms with Gasteiger partial charge in [-0.2, -0.15) is 0 Å². The molecule has 0 aliphatic rings. The van der Waals surface area contributed by atoms with Crippen LogP contribution in [0.3, 0.4) is 0 Å². The second-order valence-electron chi connectivity index (χ2n) is 3.16. The summed E-state index contributed by atoms with van der Waals surface area (Å²) in [7, 11) is 1.88. The molecule has 4 heteroatoms. The first kappa shape index (κ1) is 12.0. The minimum absolute atomic E-state index is 0.0219. The number of nitrogens with one attached hydrogen (secondary N) is 2. The molecule has 76 valence electrons. The number of carbonyl (C=O) groups excluding carboxylic acids is 1. The summed E-state index contributed by atoms with van der Waals surface area (Å²) in [6, 6.07) is 0.367. The van der Waals surface area contributed by atoms with Gasteiger partial charge in [0.1, 0.15) is 0 Å². The zero-order valence-electron chi connectivity index (χ0n) is 8.39. The number of carbonyl (C=O) groups is 1. The SMILES string of the molecule is C=C(N)CNC(=O)CCC(C)NC. The van der Waals surface area contributed by atoms with E-state index in [4.69, 9.17) is 5.73 Å². The fourth-order valence-electron chi connectivity index (χ4n) is 0.792. The van der Waals surface area contributed by atoms with Crippen LogP contribution in [-0.2, 0) is 4.79 Å². The highest BCUT2D eigenvalue weighted by atomic mass is 16.1. The number of hydrogen-bond acceptors (Lipinski definition) is 3. The van der Waals surface area contributed by atoms with Crippen LogP contribution >= 0.6 is 0 Å². The molecule has 1 atom stereocenters. The Labute approximate surface area is 79.6 Å². The molecule has 0 radical (unpaired) electrons. The van der Waals surface area contributed by atoms with Crippen molar-refractivity contribution < 1.29 is 4.79 Å². The summed E-state index contributed by atoms with van der Waals surface area (Å²) in [6.45, 7) is 5.89. The van der Waals surface area contributed by atoms with Gasteiger partial charge in [0, 0.05) is 18.2 Å². The molecule has 0 heterocycles. The van der Waals surface area contributed by atoms with Crippen LogP contribution in [0, 0.1) is 0 Å². The summed E-state index contributed by atoms with van der Waals surface area (Å²) >= 11 is 0. The van der Waals surface area contributed by atoms with Crippen molar-refractivity contribution in [2.45, 2.75) is 25.8 Å². The molecule has 0 rings (SSSR count). The summed E-state index contributed by atoms with van der Waals surface area (Å²) in [6.07, 6.45) is 1.36. The Morgan fingerprint density at radius 2 is 2.23 bits per heavy atom. The summed E-state index contributed by atoms with van der Waals surface area (Å²) < 4.78 is 0. The molecule has 1 amide bonds. The van der Waals surface area contributed by atoms with Crippen LogP contribution in [0.2, 0.25) is 0 Å². The van der Waals surface area contributed by atoms with Gasteiger partial charge in [-0.15, -0.1) is 0 Å². The Kier molecular flexibility index (Phi) is 5.97. The van der Waals surface area contributed by atoms with Crippen LogP contribution in [0.15, 0.2) is 12.3 Å². The fourth-order valence-corrected chi connectivity index (χ4v) is 0.792. The third-order valence-electron chi connectivity index (χ3n) is 1.81. The first-order chi connectivity index (χ1) is 6.06. The lowest BCUT2D eigenvalue weighted by Crippen LogP contribution is -2.29. The Hall–Kier alpha value is -1.03. The van der Waals surface area contributed by atoms with Gasteiger partial charge in [-0.1, -0.05) is 6.58 Å². The van der Waals surface area contributed by atoms with Crippen molar-refractivity contribution in [1.82, 2.24) is 10.6 Å². The minimum Gasteiger partial charge on any atom is -0.401 e. The molecule has 0 aromatic heterocycles. The van der Waals surface area contributed by atoms with Gasteiger partial charge in [-0.25, -0.2) is 0 Å². The van der Waals surface area contributed by atoms with Gasteiger partial charge in [0.05, 0.1) is 6.54 Å². The summed E-state index contributed by atoms with van der Waals surface area (Å²) in [5.41, 5.74) is 5.78. The van der Waals surface area contributed by atoms with E-state index in [9.17, 15) is 4.79 Å². The number of amides is 1. The van der Waals surface area contributed by atoms with E-state index >= 15 is 0 Å². The van der Waals surface area contributed by atoms with Crippen LogP contribution < -0.4 is 16.4 Å². The van der Waals surface area contributed by atoms with Crippen LogP contribution in [-0.4, -0.2) is 25.5 Å². The number of rotatable bonds is 6. The van der Waals surface area contributed by atoms with E-state index in [0.717, 1.165) is 6.42 Å². The molecular formula is C9H19N3O. The van der Waals surface area contributed by atoms with E-state index in [1.807, 2.05) is 14.0 Å². The lowest BCUT2D eigenvalue weighted by Gasteiger charge is -2.09. The van der Waals surface area contributed by atoms with Gasteiger partial charge < -0.3 is 16.4 Å². The van der Waals surface area contributed by atoms with Gasteiger partial charge in [-0.3, -0.25) is 4.79 Å². The molecular weight excluding hydrogens is 166 g/mol. The van der Waals surface area contributed by atoms with Crippen molar-refractivity contribution in [3.05, 3.63) is 12.3 Å². The average Bonchev–Trinajstić information content (AvgIpc) is 2.10. The predicted octanol–water partition coefficient (Wildman–Crippen LogP) is -0.0369. The summed E-state index contributed by atoms with van der Waals surface area (Å²) in [5, 5.41) is 5.73. The summed E-state index contributed by atoms with van der Waals surface area (Å²) in [4.78, 5) is 11.1. The highest BCUT2D eigenvalue weighted by Crippen LogP contribution is 1.94. The Morgan fingerprint density at radius 3 is 2.69 bits per heavy atom. The van der Waals surface area contributed by atoms with E-state index in [1.54, 1.807) is 0 Å². The first-order valence-electron chi connectivity index (χ1n) is 4.43. The van der Waals surface area contributed by atoms with Gasteiger partial charge in [0.15, 0.2) is 0 Å². The predicted molar refractivity (Wildman–Crippen MR) is 54.1 cm³/mol. The van der Waals surface area contributed by atoms with Gasteiger partial charge in [0.25, 0.3) is 0 Å². The highest BCUT2D eigenvalue weighted by Gasteiger charge is 2.03. The smallest absolute Gasteiger partial charge is 0.220 e. The molecule has 0 aliphatic heterocycles. The molecule has 0 aromatic carbocycles. The van der Waals surface area contributed by atoms with E-state index < -0.39 is 0 Å². The average molecular weight is 185 g/mol. The Balaban J connectivity index is 3.46. The zero-order valence-corrected chi connectivity index (χ0v) is 8.39. The maximum atomic E-state index is 11.1. The molecule has 0 spiro atoms. The maximum absolute atomic E-state index is 11.1. The van der Waals surface area contributed by atoms with Crippen LogP contribution in [0.5, 0.6) is 0 Å².